The molecule has 0 unspecified atom stereocenters. The summed E-state index contributed by atoms with van der Waals surface area (Å²) in [5.41, 5.74) is 2.00. The van der Waals surface area contributed by atoms with Crippen molar-refractivity contribution in [3.63, 3.8) is 0 Å². The monoisotopic (exact) mass is 514 g/mol. The van der Waals surface area contributed by atoms with E-state index in [1.165, 1.54) is 23.5 Å². The summed E-state index contributed by atoms with van der Waals surface area (Å²) in [5.74, 6) is -0.218. The Kier molecular flexibility index (Phi) is 7.10. The van der Waals surface area contributed by atoms with Gasteiger partial charge in [-0.1, -0.05) is 46.3 Å². The Bertz CT molecular complexity index is 1350. The Labute approximate surface area is 211 Å². The molecule has 0 bridgehead atoms. The number of aryl methyl sites for hydroxylation is 1. The van der Waals surface area contributed by atoms with Crippen molar-refractivity contribution in [1.29, 1.82) is 0 Å². The first-order chi connectivity index (χ1) is 17.0. The predicted octanol–water partition coefficient (Wildman–Crippen LogP) is 5.42. The first kappa shape index (κ1) is 23.9. The van der Waals surface area contributed by atoms with Gasteiger partial charge in [0, 0.05) is 31.7 Å². The van der Waals surface area contributed by atoms with Crippen LogP contribution in [0.3, 0.4) is 0 Å². The number of anilines is 1. The Morgan fingerprint density at radius 2 is 2.03 bits per heavy atom. The van der Waals surface area contributed by atoms with E-state index in [2.05, 4.69) is 15.0 Å². The van der Waals surface area contributed by atoms with Crippen molar-refractivity contribution in [2.24, 2.45) is 0 Å². The van der Waals surface area contributed by atoms with Crippen LogP contribution in [0.5, 0.6) is 0 Å². The molecule has 2 aromatic carbocycles. The lowest BCUT2D eigenvalue weighted by Gasteiger charge is -2.27. The van der Waals surface area contributed by atoms with Crippen molar-refractivity contribution in [3.8, 4) is 11.3 Å². The smallest absolute Gasteiger partial charge is 0.265 e. The molecule has 2 aromatic heterocycles. The molecule has 10 heteroatoms. The average molecular weight is 515 g/mol. The lowest BCUT2D eigenvalue weighted by molar-refractivity contribution is 0.0376. The number of fused-ring (bicyclic) bond motifs is 1. The Hall–Kier alpha value is -2.85. The molecule has 1 aliphatic heterocycles. The van der Waals surface area contributed by atoms with Crippen LogP contribution in [-0.4, -0.2) is 60.3 Å². The van der Waals surface area contributed by atoms with Crippen LogP contribution in [0.15, 0.2) is 47.0 Å². The number of hydrogen-bond donors (Lipinski definition) is 0. The second kappa shape index (κ2) is 10.4. The minimum absolute atomic E-state index is 0.278. The molecule has 1 fully saturated rings. The topological polar surface area (TPSA) is 71.7 Å². The summed E-state index contributed by atoms with van der Waals surface area (Å²) < 4.78 is 25.4. The second-order valence-electron chi connectivity index (χ2n) is 8.32. The van der Waals surface area contributed by atoms with Crippen LogP contribution in [0.4, 0.5) is 9.52 Å². The average Bonchev–Trinajstić information content (AvgIpc) is 3.45. The molecule has 1 aliphatic rings. The lowest BCUT2D eigenvalue weighted by atomic mass is 10.1. The van der Waals surface area contributed by atoms with Gasteiger partial charge in [-0.25, -0.2) is 9.37 Å². The van der Waals surface area contributed by atoms with Crippen molar-refractivity contribution in [1.82, 2.24) is 15.0 Å². The van der Waals surface area contributed by atoms with E-state index >= 15 is 0 Å². The number of rotatable bonds is 7. The Morgan fingerprint density at radius 1 is 1.23 bits per heavy atom. The largest absolute Gasteiger partial charge is 0.379 e. The Morgan fingerprint density at radius 3 is 2.83 bits per heavy atom. The molecule has 3 heterocycles. The molecule has 0 saturated carbocycles. The molecule has 5 rings (SSSR count). The minimum atomic E-state index is -0.339. The fraction of sp³-hybridized carbons (Fsp3) is 0.320. The number of hydrogen-bond acceptors (Lipinski definition) is 7. The maximum absolute atomic E-state index is 14.0. The molecule has 182 valence electrons. The van der Waals surface area contributed by atoms with Gasteiger partial charge in [-0.3, -0.25) is 14.6 Å². The highest BCUT2D eigenvalue weighted by Gasteiger charge is 2.29. The van der Waals surface area contributed by atoms with Gasteiger partial charge in [0.15, 0.2) is 5.13 Å². The third-order valence-electron chi connectivity index (χ3n) is 5.98. The summed E-state index contributed by atoms with van der Waals surface area (Å²) >= 11 is 7.70. The van der Waals surface area contributed by atoms with Crippen LogP contribution in [0.2, 0.25) is 5.02 Å². The van der Waals surface area contributed by atoms with Crippen LogP contribution < -0.4 is 4.90 Å². The van der Waals surface area contributed by atoms with E-state index in [1.807, 2.05) is 12.1 Å². The van der Waals surface area contributed by atoms with Gasteiger partial charge in [-0.05, 0) is 37.6 Å². The number of ether oxygens (including phenoxy) is 1. The third-order valence-corrected chi connectivity index (χ3v) is 7.35. The number of thiazole rings is 1. The molecule has 1 amide bonds. The first-order valence-corrected chi connectivity index (χ1v) is 12.6. The summed E-state index contributed by atoms with van der Waals surface area (Å²) in [5, 5.41) is 5.14. The van der Waals surface area contributed by atoms with E-state index < -0.39 is 0 Å². The summed E-state index contributed by atoms with van der Waals surface area (Å²) in [6.45, 7) is 6.14. The van der Waals surface area contributed by atoms with Crippen LogP contribution >= 0.6 is 22.9 Å². The molecule has 35 heavy (non-hydrogen) atoms. The van der Waals surface area contributed by atoms with Gasteiger partial charge in [0.2, 0.25) is 0 Å². The third kappa shape index (κ3) is 5.08. The van der Waals surface area contributed by atoms with Gasteiger partial charge in [-0.2, -0.15) is 0 Å². The van der Waals surface area contributed by atoms with E-state index in [1.54, 1.807) is 30.0 Å². The summed E-state index contributed by atoms with van der Waals surface area (Å²) in [6, 6.07) is 11.6. The SMILES string of the molecule is Cc1onc(-c2ccccc2Cl)c1C(=O)N(CCCN1CCOCC1)c1nc2ccc(F)cc2s1. The van der Waals surface area contributed by atoms with Crippen LogP contribution in [0.1, 0.15) is 22.5 Å². The molecule has 0 atom stereocenters. The van der Waals surface area contributed by atoms with E-state index in [-0.39, 0.29) is 11.7 Å². The van der Waals surface area contributed by atoms with E-state index in [0.717, 1.165) is 26.1 Å². The highest BCUT2D eigenvalue weighted by Crippen LogP contribution is 2.35. The number of carbonyl (C=O) groups excluding carboxylic acids is 1. The molecule has 4 aromatic rings. The zero-order chi connectivity index (χ0) is 24.4. The number of halogens is 2. The summed E-state index contributed by atoms with van der Waals surface area (Å²) in [4.78, 5) is 22.6. The van der Waals surface area contributed by atoms with Gasteiger partial charge >= 0.3 is 0 Å². The van der Waals surface area contributed by atoms with Crippen molar-refractivity contribution >= 4 is 44.2 Å². The normalized spacial score (nSPS) is 14.5. The minimum Gasteiger partial charge on any atom is -0.379 e. The van der Waals surface area contributed by atoms with Gasteiger partial charge < -0.3 is 9.26 Å². The highest BCUT2D eigenvalue weighted by molar-refractivity contribution is 7.22. The summed E-state index contributed by atoms with van der Waals surface area (Å²) in [7, 11) is 0. The fourth-order valence-electron chi connectivity index (χ4n) is 4.16. The van der Waals surface area contributed by atoms with E-state index in [9.17, 15) is 9.18 Å². The number of amides is 1. The lowest BCUT2D eigenvalue weighted by Crippen LogP contribution is -2.39. The zero-order valence-electron chi connectivity index (χ0n) is 19.2. The van der Waals surface area contributed by atoms with Gasteiger partial charge in [-0.15, -0.1) is 0 Å². The second-order valence-corrected chi connectivity index (χ2v) is 9.73. The van der Waals surface area contributed by atoms with Crippen LogP contribution in [-0.2, 0) is 4.74 Å². The van der Waals surface area contributed by atoms with Crippen molar-refractivity contribution in [2.75, 3.05) is 44.3 Å². The first-order valence-electron chi connectivity index (χ1n) is 11.4. The maximum atomic E-state index is 14.0. The number of aromatic nitrogens is 2. The molecule has 7 nitrogen and oxygen atoms in total. The molecular formula is C25H24ClFN4O3S. The predicted molar refractivity (Wildman–Crippen MR) is 135 cm³/mol. The molecule has 1 saturated heterocycles. The standard InChI is InChI=1S/C25H24ClFN4O3S/c1-16-22(23(29-34-16)18-5-2-3-6-19(18)26)24(32)31(10-4-9-30-11-13-33-14-12-30)25-28-20-8-7-17(27)15-21(20)35-25/h2-3,5-8,15H,4,9-14H2,1H3. The quantitative estimate of drug-likeness (QED) is 0.328. The Balaban J connectivity index is 1.49. The van der Waals surface area contributed by atoms with Crippen molar-refractivity contribution in [3.05, 3.63) is 64.6 Å². The van der Waals surface area contributed by atoms with Gasteiger partial charge in [0.25, 0.3) is 5.91 Å². The summed E-state index contributed by atoms with van der Waals surface area (Å²) in [6.07, 6.45) is 0.738. The number of benzene rings is 2. The van der Waals surface area contributed by atoms with Crippen molar-refractivity contribution < 1.29 is 18.4 Å². The van der Waals surface area contributed by atoms with Crippen LogP contribution in [0.25, 0.3) is 21.5 Å². The van der Waals surface area contributed by atoms with Crippen molar-refractivity contribution in [2.45, 2.75) is 13.3 Å². The molecular weight excluding hydrogens is 491 g/mol. The number of nitrogens with zero attached hydrogens (tertiary/aromatic N) is 4. The van der Waals surface area contributed by atoms with E-state index in [0.29, 0.717) is 62.7 Å². The zero-order valence-corrected chi connectivity index (χ0v) is 20.7. The molecule has 0 spiro atoms. The maximum Gasteiger partial charge on any atom is 0.265 e. The van der Waals surface area contributed by atoms with Gasteiger partial charge in [0.1, 0.15) is 22.8 Å². The molecule has 0 N–H and O–H groups in total. The number of carbonyl (C=O) groups is 1. The van der Waals surface area contributed by atoms with Crippen LogP contribution in [0, 0.1) is 12.7 Å². The van der Waals surface area contributed by atoms with E-state index in [4.69, 9.17) is 20.9 Å². The van der Waals surface area contributed by atoms with Gasteiger partial charge in [0.05, 0.1) is 28.5 Å². The molecule has 0 radical (unpaired) electrons. The highest BCUT2D eigenvalue weighted by atomic mass is 35.5. The number of morpholine rings is 1. The molecule has 0 aliphatic carbocycles. The fourth-order valence-corrected chi connectivity index (χ4v) is 5.40.